The third-order valence-electron chi connectivity index (χ3n) is 3.06. The summed E-state index contributed by atoms with van der Waals surface area (Å²) >= 11 is 12.0. The maximum absolute atomic E-state index is 6.14. The van der Waals surface area contributed by atoms with Gasteiger partial charge in [-0.2, -0.15) is 0 Å². The van der Waals surface area contributed by atoms with Crippen molar-refractivity contribution < 1.29 is 4.74 Å². The molecule has 0 spiro atoms. The molecule has 2 aromatic carbocycles. The van der Waals surface area contributed by atoms with Crippen LogP contribution in [0.2, 0.25) is 5.02 Å². The normalized spacial score (nSPS) is 12.2. The number of nitrogens with one attached hydrogen (secondary N) is 1. The van der Waals surface area contributed by atoms with E-state index in [2.05, 4.69) is 49.9 Å². The zero-order chi connectivity index (χ0) is 14.7. The highest BCUT2D eigenvalue weighted by molar-refractivity contribution is 14.1. The summed E-state index contributed by atoms with van der Waals surface area (Å²) in [6.07, 6.45) is 0. The average molecular weight is 467 g/mol. The van der Waals surface area contributed by atoms with Gasteiger partial charge in [-0.05, 0) is 71.6 Å². The molecule has 0 aliphatic rings. The van der Waals surface area contributed by atoms with Crippen LogP contribution >= 0.6 is 50.1 Å². The van der Waals surface area contributed by atoms with Crippen LogP contribution in [0.3, 0.4) is 0 Å². The van der Waals surface area contributed by atoms with Gasteiger partial charge in [-0.3, -0.25) is 0 Å². The first-order valence-electron chi connectivity index (χ1n) is 6.02. The van der Waals surface area contributed by atoms with Gasteiger partial charge in [-0.1, -0.05) is 27.5 Å². The monoisotopic (exact) mass is 465 g/mol. The molecule has 0 bridgehead atoms. The van der Waals surface area contributed by atoms with Crippen molar-refractivity contribution >= 4 is 50.1 Å². The predicted octanol–water partition coefficient (Wildman–Crippen LogP) is 5.02. The van der Waals surface area contributed by atoms with Crippen LogP contribution in [0.25, 0.3) is 0 Å². The number of ether oxygens (including phenoxy) is 1. The number of benzene rings is 2. The molecule has 2 rings (SSSR count). The van der Waals surface area contributed by atoms with E-state index in [-0.39, 0.29) is 6.04 Å². The second-order valence-electron chi connectivity index (χ2n) is 4.27. The van der Waals surface area contributed by atoms with E-state index >= 15 is 0 Å². The lowest BCUT2D eigenvalue weighted by Gasteiger charge is -2.21. The molecule has 1 unspecified atom stereocenters. The minimum Gasteiger partial charge on any atom is -0.496 e. The van der Waals surface area contributed by atoms with Crippen LogP contribution in [0.4, 0.5) is 0 Å². The number of hydrogen-bond acceptors (Lipinski definition) is 2. The van der Waals surface area contributed by atoms with Crippen molar-refractivity contribution in [3.8, 4) is 5.75 Å². The Morgan fingerprint density at radius 3 is 2.60 bits per heavy atom. The third kappa shape index (κ3) is 3.47. The molecule has 0 fully saturated rings. The van der Waals surface area contributed by atoms with E-state index in [0.717, 1.165) is 29.9 Å². The zero-order valence-corrected chi connectivity index (χ0v) is 15.6. The quantitative estimate of drug-likeness (QED) is 0.639. The first kappa shape index (κ1) is 16.1. The number of halogens is 3. The lowest BCUT2D eigenvalue weighted by atomic mass is 9.98. The Morgan fingerprint density at radius 1 is 1.20 bits per heavy atom. The van der Waals surface area contributed by atoms with Gasteiger partial charge < -0.3 is 10.1 Å². The van der Waals surface area contributed by atoms with E-state index in [1.807, 2.05) is 37.4 Å². The van der Waals surface area contributed by atoms with Gasteiger partial charge in [0, 0.05) is 18.6 Å². The average Bonchev–Trinajstić information content (AvgIpc) is 2.44. The number of rotatable bonds is 4. The third-order valence-corrected chi connectivity index (χ3v) is 4.77. The fourth-order valence-electron chi connectivity index (χ4n) is 2.15. The predicted molar refractivity (Wildman–Crippen MR) is 95.8 cm³/mol. The Balaban J connectivity index is 2.57. The fraction of sp³-hybridized carbons (Fsp3) is 0.200. The van der Waals surface area contributed by atoms with Crippen molar-refractivity contribution in [1.82, 2.24) is 5.32 Å². The first-order valence-corrected chi connectivity index (χ1v) is 8.27. The van der Waals surface area contributed by atoms with Crippen molar-refractivity contribution in [3.63, 3.8) is 0 Å². The Labute approximate surface area is 146 Å². The van der Waals surface area contributed by atoms with Gasteiger partial charge >= 0.3 is 0 Å². The Kier molecular flexibility index (Phi) is 5.72. The van der Waals surface area contributed by atoms with Crippen LogP contribution in [-0.2, 0) is 0 Å². The summed E-state index contributed by atoms with van der Waals surface area (Å²) < 4.78 is 7.66. The summed E-state index contributed by atoms with van der Waals surface area (Å²) in [7, 11) is 3.62. The molecular formula is C15H14BrClINO. The summed E-state index contributed by atoms with van der Waals surface area (Å²) in [5.41, 5.74) is 2.21. The van der Waals surface area contributed by atoms with Crippen molar-refractivity contribution in [1.29, 1.82) is 0 Å². The molecule has 1 atom stereocenters. The second kappa shape index (κ2) is 7.11. The summed E-state index contributed by atoms with van der Waals surface area (Å²) in [5, 5.41) is 4.07. The van der Waals surface area contributed by atoms with E-state index in [4.69, 9.17) is 16.3 Å². The maximum atomic E-state index is 6.14. The van der Waals surface area contributed by atoms with Crippen molar-refractivity contribution in [2.24, 2.45) is 0 Å². The number of methoxy groups -OCH3 is 1. The molecule has 20 heavy (non-hydrogen) atoms. The van der Waals surface area contributed by atoms with E-state index in [0.29, 0.717) is 0 Å². The highest BCUT2D eigenvalue weighted by Gasteiger charge is 2.19. The molecule has 0 radical (unpaired) electrons. The standard InChI is InChI=1S/C15H14BrClINO/c1-19-15(11-8-10(17)4-5-13(11)18)12-7-9(16)3-6-14(12)20-2/h3-8,15,19H,1-2H3. The van der Waals surface area contributed by atoms with Crippen LogP contribution in [0.5, 0.6) is 5.75 Å². The summed E-state index contributed by atoms with van der Waals surface area (Å²) in [4.78, 5) is 0. The van der Waals surface area contributed by atoms with Gasteiger partial charge in [0.1, 0.15) is 5.75 Å². The molecule has 1 N–H and O–H groups in total. The van der Waals surface area contributed by atoms with Crippen LogP contribution in [0.15, 0.2) is 40.9 Å². The van der Waals surface area contributed by atoms with E-state index in [1.54, 1.807) is 7.11 Å². The van der Waals surface area contributed by atoms with Crippen molar-refractivity contribution in [2.75, 3.05) is 14.2 Å². The zero-order valence-electron chi connectivity index (χ0n) is 11.1. The summed E-state index contributed by atoms with van der Waals surface area (Å²) in [6, 6.07) is 11.9. The summed E-state index contributed by atoms with van der Waals surface area (Å²) in [5.74, 6) is 0.850. The molecular weight excluding hydrogens is 452 g/mol. The maximum Gasteiger partial charge on any atom is 0.124 e. The molecule has 2 aromatic rings. The Hall–Kier alpha value is -0.300. The van der Waals surface area contributed by atoms with Crippen molar-refractivity contribution in [3.05, 3.63) is 60.6 Å². The largest absolute Gasteiger partial charge is 0.496 e. The molecule has 2 nitrogen and oxygen atoms in total. The smallest absolute Gasteiger partial charge is 0.124 e. The minimum absolute atomic E-state index is 0.0213. The topological polar surface area (TPSA) is 21.3 Å². The second-order valence-corrected chi connectivity index (χ2v) is 6.79. The fourth-order valence-corrected chi connectivity index (χ4v) is 3.35. The number of hydrogen-bond donors (Lipinski definition) is 1. The Bertz CT molecular complexity index is 621. The first-order chi connectivity index (χ1) is 9.56. The SMILES string of the molecule is CNC(c1cc(Cl)ccc1I)c1cc(Br)ccc1OC. The summed E-state index contributed by atoms with van der Waals surface area (Å²) in [6.45, 7) is 0. The van der Waals surface area contributed by atoms with Gasteiger partial charge in [-0.25, -0.2) is 0 Å². The van der Waals surface area contributed by atoms with Crippen LogP contribution in [0.1, 0.15) is 17.2 Å². The van der Waals surface area contributed by atoms with Gasteiger partial charge in [0.15, 0.2) is 0 Å². The van der Waals surface area contributed by atoms with Gasteiger partial charge in [-0.15, -0.1) is 0 Å². The highest BCUT2D eigenvalue weighted by Crippen LogP contribution is 2.35. The minimum atomic E-state index is 0.0213. The lowest BCUT2D eigenvalue weighted by Crippen LogP contribution is -2.19. The van der Waals surface area contributed by atoms with E-state index in [9.17, 15) is 0 Å². The molecule has 0 aromatic heterocycles. The molecule has 0 amide bonds. The molecule has 0 aliphatic carbocycles. The molecule has 0 saturated carbocycles. The van der Waals surface area contributed by atoms with Gasteiger partial charge in [0.05, 0.1) is 13.2 Å². The van der Waals surface area contributed by atoms with Gasteiger partial charge in [0.25, 0.3) is 0 Å². The van der Waals surface area contributed by atoms with Crippen molar-refractivity contribution in [2.45, 2.75) is 6.04 Å². The molecule has 0 aliphatic heterocycles. The van der Waals surface area contributed by atoms with Crippen LogP contribution in [0, 0.1) is 3.57 Å². The van der Waals surface area contributed by atoms with E-state index in [1.165, 1.54) is 0 Å². The highest BCUT2D eigenvalue weighted by atomic mass is 127. The van der Waals surface area contributed by atoms with Gasteiger partial charge in [0.2, 0.25) is 0 Å². The van der Waals surface area contributed by atoms with E-state index < -0.39 is 0 Å². The molecule has 0 heterocycles. The van der Waals surface area contributed by atoms with Crippen LogP contribution < -0.4 is 10.1 Å². The molecule has 0 saturated heterocycles. The Morgan fingerprint density at radius 2 is 1.95 bits per heavy atom. The lowest BCUT2D eigenvalue weighted by molar-refractivity contribution is 0.405. The van der Waals surface area contributed by atoms with Crippen LogP contribution in [-0.4, -0.2) is 14.2 Å². The molecule has 5 heteroatoms. The molecule has 106 valence electrons.